The molecule has 0 amide bonds. The van der Waals surface area contributed by atoms with Gasteiger partial charge in [0, 0.05) is 17.9 Å². The first-order valence-corrected chi connectivity index (χ1v) is 5.92. The van der Waals surface area contributed by atoms with Crippen molar-refractivity contribution in [3.8, 4) is 6.07 Å². The smallest absolute Gasteiger partial charge is 0.185 e. The quantitative estimate of drug-likeness (QED) is 0.684. The molecule has 1 aliphatic rings. The van der Waals surface area contributed by atoms with Crippen LogP contribution in [0.2, 0.25) is 0 Å². The molecule has 0 radical (unpaired) electrons. The van der Waals surface area contributed by atoms with Crippen molar-refractivity contribution in [2.75, 3.05) is 11.5 Å². The first kappa shape index (κ1) is 9.94. The number of thioether (sulfide) groups is 2. The molecule has 0 spiro atoms. The van der Waals surface area contributed by atoms with Gasteiger partial charge in [-0.1, -0.05) is 11.8 Å². The van der Waals surface area contributed by atoms with E-state index in [1.807, 2.05) is 11.8 Å². The van der Waals surface area contributed by atoms with E-state index in [1.54, 1.807) is 6.92 Å². The third kappa shape index (κ3) is 2.72. The maximum absolute atomic E-state index is 10.7. The van der Waals surface area contributed by atoms with Crippen molar-refractivity contribution in [3.63, 3.8) is 0 Å². The molecule has 0 saturated carbocycles. The zero-order valence-corrected chi connectivity index (χ0v) is 8.58. The lowest BCUT2D eigenvalue weighted by molar-refractivity contribution is -0.109. The van der Waals surface area contributed by atoms with Crippen LogP contribution in [0, 0.1) is 17.2 Å². The highest BCUT2D eigenvalue weighted by molar-refractivity contribution is 8.14. The van der Waals surface area contributed by atoms with Gasteiger partial charge in [0.2, 0.25) is 0 Å². The van der Waals surface area contributed by atoms with E-state index in [1.165, 1.54) is 11.8 Å². The van der Waals surface area contributed by atoms with E-state index in [2.05, 4.69) is 6.07 Å². The third-order valence-electron chi connectivity index (χ3n) is 1.83. The molecule has 2 nitrogen and oxygen atoms in total. The minimum atomic E-state index is 0.152. The van der Waals surface area contributed by atoms with Crippen LogP contribution < -0.4 is 0 Å². The summed E-state index contributed by atoms with van der Waals surface area (Å²) in [6, 6.07) is 2.29. The molecule has 0 aliphatic carbocycles. The van der Waals surface area contributed by atoms with Gasteiger partial charge >= 0.3 is 0 Å². The molecule has 12 heavy (non-hydrogen) atoms. The van der Waals surface area contributed by atoms with E-state index >= 15 is 0 Å². The molecule has 0 aromatic heterocycles. The van der Waals surface area contributed by atoms with Gasteiger partial charge in [0.1, 0.15) is 0 Å². The molecule has 1 rings (SSSR count). The summed E-state index contributed by atoms with van der Waals surface area (Å²) in [6.45, 7) is 1.58. The fraction of sp³-hybridized carbons (Fsp3) is 0.750. The number of nitrogens with zero attached hydrogens (tertiary/aromatic N) is 1. The van der Waals surface area contributed by atoms with E-state index < -0.39 is 0 Å². The monoisotopic (exact) mass is 201 g/mol. The van der Waals surface area contributed by atoms with Crippen LogP contribution in [0.3, 0.4) is 0 Å². The van der Waals surface area contributed by atoms with Gasteiger partial charge in [0.15, 0.2) is 5.12 Å². The van der Waals surface area contributed by atoms with Crippen LogP contribution in [0.4, 0.5) is 0 Å². The Morgan fingerprint density at radius 3 is 3.17 bits per heavy atom. The summed E-state index contributed by atoms with van der Waals surface area (Å²) in [4.78, 5) is 10.7. The fourth-order valence-electron chi connectivity index (χ4n) is 1.16. The SMILES string of the molecule is CC(=O)SC[C@H]1SCC[C@@H]1C#N. The van der Waals surface area contributed by atoms with Gasteiger partial charge in [0.25, 0.3) is 0 Å². The molecule has 1 heterocycles. The minimum absolute atomic E-state index is 0.152. The van der Waals surface area contributed by atoms with E-state index in [9.17, 15) is 4.79 Å². The van der Waals surface area contributed by atoms with Crippen molar-refractivity contribution in [2.45, 2.75) is 18.6 Å². The summed E-state index contributed by atoms with van der Waals surface area (Å²) in [5.74, 6) is 2.04. The molecule has 0 bridgehead atoms. The Morgan fingerprint density at radius 1 is 1.83 bits per heavy atom. The highest BCUT2D eigenvalue weighted by Crippen LogP contribution is 2.33. The summed E-state index contributed by atoms with van der Waals surface area (Å²) in [5.41, 5.74) is 0. The average molecular weight is 201 g/mol. The van der Waals surface area contributed by atoms with Gasteiger partial charge < -0.3 is 0 Å². The highest BCUT2D eigenvalue weighted by atomic mass is 32.2. The lowest BCUT2D eigenvalue weighted by Crippen LogP contribution is -2.13. The van der Waals surface area contributed by atoms with Gasteiger partial charge in [-0.3, -0.25) is 4.79 Å². The molecular formula is C8H11NOS2. The van der Waals surface area contributed by atoms with Gasteiger partial charge in [-0.05, 0) is 12.2 Å². The Balaban J connectivity index is 2.32. The van der Waals surface area contributed by atoms with E-state index in [0.717, 1.165) is 17.9 Å². The Hall–Kier alpha value is -0.140. The van der Waals surface area contributed by atoms with Crippen LogP contribution in [0.25, 0.3) is 0 Å². The van der Waals surface area contributed by atoms with Crippen molar-refractivity contribution in [3.05, 3.63) is 0 Å². The molecule has 0 N–H and O–H groups in total. The molecule has 66 valence electrons. The van der Waals surface area contributed by atoms with Crippen LogP contribution in [0.1, 0.15) is 13.3 Å². The molecule has 0 aromatic rings. The Kier molecular flexibility index (Phi) is 3.96. The molecule has 4 heteroatoms. The van der Waals surface area contributed by atoms with Gasteiger partial charge in [-0.15, -0.1) is 0 Å². The lowest BCUT2D eigenvalue weighted by Gasteiger charge is -2.09. The van der Waals surface area contributed by atoms with Crippen LogP contribution in [-0.4, -0.2) is 21.9 Å². The van der Waals surface area contributed by atoms with Gasteiger partial charge in [0.05, 0.1) is 12.0 Å². The van der Waals surface area contributed by atoms with Crippen molar-refractivity contribution >= 4 is 28.6 Å². The number of hydrogen-bond donors (Lipinski definition) is 0. The number of carbonyl (C=O) groups excluding carboxylic acids is 1. The lowest BCUT2D eigenvalue weighted by atomic mass is 10.1. The van der Waals surface area contributed by atoms with E-state index in [-0.39, 0.29) is 11.0 Å². The number of hydrogen-bond acceptors (Lipinski definition) is 4. The summed E-state index contributed by atoms with van der Waals surface area (Å²) in [6.07, 6.45) is 0.990. The topological polar surface area (TPSA) is 40.9 Å². The van der Waals surface area contributed by atoms with Crippen LogP contribution in [0.15, 0.2) is 0 Å². The number of nitriles is 1. The molecule has 2 atom stereocenters. The zero-order valence-electron chi connectivity index (χ0n) is 6.95. The first-order valence-electron chi connectivity index (χ1n) is 3.88. The predicted molar refractivity (Wildman–Crippen MR) is 53.1 cm³/mol. The Morgan fingerprint density at radius 2 is 2.58 bits per heavy atom. The third-order valence-corrected chi connectivity index (χ3v) is 4.36. The summed E-state index contributed by atoms with van der Waals surface area (Å²) >= 11 is 3.16. The van der Waals surface area contributed by atoms with E-state index in [0.29, 0.717) is 5.25 Å². The second-order valence-electron chi connectivity index (χ2n) is 2.74. The minimum Gasteiger partial charge on any atom is -0.288 e. The second-order valence-corrected chi connectivity index (χ2v) is 5.28. The number of carbonyl (C=O) groups is 1. The summed E-state index contributed by atoms with van der Waals surface area (Å²) in [7, 11) is 0. The van der Waals surface area contributed by atoms with E-state index in [4.69, 9.17) is 5.26 Å². The number of rotatable bonds is 2. The molecule has 1 fully saturated rings. The normalized spacial score (nSPS) is 28.3. The standard InChI is InChI=1S/C8H11NOS2/c1-6(10)12-5-8-7(4-9)2-3-11-8/h7-8H,2-3,5H2,1H3/t7-,8-/m1/s1. The molecule has 1 saturated heterocycles. The maximum Gasteiger partial charge on any atom is 0.185 e. The van der Waals surface area contributed by atoms with Crippen molar-refractivity contribution in [1.29, 1.82) is 5.26 Å². The molecular weight excluding hydrogens is 190 g/mol. The summed E-state index contributed by atoms with van der Waals surface area (Å²) in [5, 5.41) is 9.27. The van der Waals surface area contributed by atoms with Gasteiger partial charge in [-0.25, -0.2) is 0 Å². The fourth-order valence-corrected chi connectivity index (χ4v) is 3.50. The average Bonchev–Trinajstić information content (AvgIpc) is 2.47. The summed E-state index contributed by atoms with van der Waals surface area (Å²) < 4.78 is 0. The Bertz CT molecular complexity index is 212. The first-order chi connectivity index (χ1) is 5.74. The van der Waals surface area contributed by atoms with Crippen molar-refractivity contribution < 1.29 is 4.79 Å². The Labute approximate surface area is 81.1 Å². The van der Waals surface area contributed by atoms with Gasteiger partial charge in [-0.2, -0.15) is 17.0 Å². The second kappa shape index (κ2) is 4.78. The molecule has 0 aromatic carbocycles. The zero-order chi connectivity index (χ0) is 8.97. The van der Waals surface area contributed by atoms with Crippen LogP contribution >= 0.6 is 23.5 Å². The molecule has 0 unspecified atom stereocenters. The largest absolute Gasteiger partial charge is 0.288 e. The predicted octanol–water partition coefficient (Wildman–Crippen LogP) is 1.91. The van der Waals surface area contributed by atoms with Crippen molar-refractivity contribution in [1.82, 2.24) is 0 Å². The molecule has 1 aliphatic heterocycles. The van der Waals surface area contributed by atoms with Crippen LogP contribution in [0.5, 0.6) is 0 Å². The maximum atomic E-state index is 10.7. The van der Waals surface area contributed by atoms with Crippen LogP contribution in [-0.2, 0) is 4.79 Å². The highest BCUT2D eigenvalue weighted by Gasteiger charge is 2.27. The van der Waals surface area contributed by atoms with Crippen molar-refractivity contribution in [2.24, 2.45) is 5.92 Å².